The smallest absolute Gasteiger partial charge is 0.243 e. The summed E-state index contributed by atoms with van der Waals surface area (Å²) < 4.78 is 48.0. The van der Waals surface area contributed by atoms with E-state index in [1.165, 1.54) is 23.4 Å². The lowest BCUT2D eigenvalue weighted by atomic mass is 9.98. The van der Waals surface area contributed by atoms with Crippen LogP contribution in [0.2, 0.25) is 0 Å². The number of nitrogens with one attached hydrogen (secondary N) is 2. The predicted molar refractivity (Wildman–Crippen MR) is 139 cm³/mol. The zero-order valence-corrected chi connectivity index (χ0v) is 22.2. The number of aryl methyl sites for hydroxylation is 1. The molecule has 1 heterocycles. The van der Waals surface area contributed by atoms with E-state index in [9.17, 15) is 17.6 Å². The number of halogens is 1. The van der Waals surface area contributed by atoms with Gasteiger partial charge in [0.1, 0.15) is 11.6 Å². The first-order valence-electron chi connectivity index (χ1n) is 12.7. The highest BCUT2D eigenvalue weighted by Gasteiger charge is 2.31. The zero-order valence-electron chi connectivity index (χ0n) is 21.4. The summed E-state index contributed by atoms with van der Waals surface area (Å²) in [6, 6.07) is 11.1. The van der Waals surface area contributed by atoms with Gasteiger partial charge in [0.05, 0.1) is 11.5 Å². The summed E-state index contributed by atoms with van der Waals surface area (Å²) in [5, 5.41) is 6.34. The second-order valence-corrected chi connectivity index (χ2v) is 11.5. The maximum absolute atomic E-state index is 14.3. The third kappa shape index (κ3) is 8.28. The summed E-state index contributed by atoms with van der Waals surface area (Å²) in [5.41, 5.74) is 1.61. The van der Waals surface area contributed by atoms with Crippen LogP contribution in [-0.2, 0) is 21.2 Å². The molecule has 2 aromatic carbocycles. The molecule has 0 radical (unpaired) electrons. The van der Waals surface area contributed by atoms with E-state index < -0.39 is 10.0 Å². The Labute approximate surface area is 214 Å². The molecule has 0 bridgehead atoms. The SMILES string of the molecule is CCCCCOc1cc(F)cc(C[C@@H](C[C@H]2CN(S(=O)(=O)c3cccc(C)c3)CCN2)NC(C)=O)c1. The Morgan fingerprint density at radius 2 is 2.06 bits per heavy atom. The number of hydrogen-bond acceptors (Lipinski definition) is 5. The van der Waals surface area contributed by atoms with Gasteiger partial charge in [-0.15, -0.1) is 0 Å². The minimum Gasteiger partial charge on any atom is -0.493 e. The van der Waals surface area contributed by atoms with Crippen molar-refractivity contribution in [1.29, 1.82) is 0 Å². The van der Waals surface area contributed by atoms with E-state index in [1.807, 2.05) is 19.1 Å². The van der Waals surface area contributed by atoms with Crippen LogP contribution in [0.3, 0.4) is 0 Å². The molecule has 3 rings (SSSR count). The van der Waals surface area contributed by atoms with Crippen molar-refractivity contribution in [2.75, 3.05) is 26.2 Å². The molecule has 1 aliphatic heterocycles. The molecule has 1 saturated heterocycles. The fourth-order valence-electron chi connectivity index (χ4n) is 4.57. The van der Waals surface area contributed by atoms with Crippen LogP contribution in [0.5, 0.6) is 5.75 Å². The van der Waals surface area contributed by atoms with Crippen molar-refractivity contribution in [2.45, 2.75) is 69.9 Å². The first-order valence-corrected chi connectivity index (χ1v) is 14.1. The molecule has 1 aliphatic rings. The van der Waals surface area contributed by atoms with Crippen LogP contribution >= 0.6 is 0 Å². The molecule has 1 amide bonds. The van der Waals surface area contributed by atoms with Crippen LogP contribution in [0.1, 0.15) is 50.7 Å². The van der Waals surface area contributed by atoms with E-state index in [0.29, 0.717) is 44.8 Å². The summed E-state index contributed by atoms with van der Waals surface area (Å²) in [4.78, 5) is 12.2. The summed E-state index contributed by atoms with van der Waals surface area (Å²) in [6.45, 7) is 7.14. The van der Waals surface area contributed by atoms with E-state index in [0.717, 1.165) is 30.4 Å². The first-order chi connectivity index (χ1) is 17.2. The monoisotopic (exact) mass is 519 g/mol. The van der Waals surface area contributed by atoms with Crippen molar-refractivity contribution in [2.24, 2.45) is 0 Å². The Kier molecular flexibility index (Phi) is 10.3. The van der Waals surface area contributed by atoms with Crippen molar-refractivity contribution >= 4 is 15.9 Å². The Morgan fingerprint density at radius 1 is 1.25 bits per heavy atom. The summed E-state index contributed by atoms with van der Waals surface area (Å²) in [5.74, 6) is -0.0906. The Hall–Kier alpha value is -2.49. The average molecular weight is 520 g/mol. The van der Waals surface area contributed by atoms with Gasteiger partial charge in [0.25, 0.3) is 0 Å². The molecule has 36 heavy (non-hydrogen) atoms. The van der Waals surface area contributed by atoms with Gasteiger partial charge < -0.3 is 15.4 Å². The van der Waals surface area contributed by atoms with Gasteiger partial charge in [-0.25, -0.2) is 12.8 Å². The molecule has 2 aromatic rings. The standard InChI is InChI=1S/C27H38FN3O4S/c1-4-5-6-12-35-26-16-22(14-23(28)17-26)15-24(30-21(3)32)18-25-19-31(11-10-29-25)36(33,34)27-9-7-8-20(2)13-27/h7-9,13-14,16-17,24-25,29H,4-6,10-12,15,18-19H2,1-3H3,(H,30,32)/t24-,25-/m0/s1. The van der Waals surface area contributed by atoms with E-state index in [2.05, 4.69) is 17.6 Å². The number of amides is 1. The Balaban J connectivity index is 1.69. The molecule has 0 spiro atoms. The number of ether oxygens (including phenoxy) is 1. The van der Waals surface area contributed by atoms with Crippen LogP contribution < -0.4 is 15.4 Å². The lowest BCUT2D eigenvalue weighted by molar-refractivity contribution is -0.119. The molecule has 0 saturated carbocycles. The van der Waals surface area contributed by atoms with Crippen molar-refractivity contribution in [3.8, 4) is 5.75 Å². The van der Waals surface area contributed by atoms with Crippen LogP contribution in [0, 0.1) is 12.7 Å². The molecular formula is C27H38FN3O4S. The van der Waals surface area contributed by atoms with Crippen molar-refractivity contribution in [3.63, 3.8) is 0 Å². The Morgan fingerprint density at radius 3 is 2.78 bits per heavy atom. The molecule has 198 valence electrons. The number of piperazine rings is 1. The van der Waals surface area contributed by atoms with Gasteiger partial charge in [0.15, 0.2) is 0 Å². The van der Waals surface area contributed by atoms with Crippen molar-refractivity contribution in [1.82, 2.24) is 14.9 Å². The number of nitrogens with zero attached hydrogens (tertiary/aromatic N) is 1. The number of carbonyl (C=O) groups excluding carboxylic acids is 1. The highest BCUT2D eigenvalue weighted by molar-refractivity contribution is 7.89. The molecule has 2 atom stereocenters. The topological polar surface area (TPSA) is 87.7 Å². The number of carbonyl (C=O) groups is 1. The van der Waals surface area contributed by atoms with Crippen LogP contribution in [0.15, 0.2) is 47.4 Å². The molecule has 0 aliphatic carbocycles. The number of unbranched alkanes of at least 4 members (excludes halogenated alkanes) is 2. The number of rotatable bonds is 12. The molecule has 0 aromatic heterocycles. The quantitative estimate of drug-likeness (QED) is 0.417. The van der Waals surface area contributed by atoms with Gasteiger partial charge in [-0.1, -0.05) is 31.9 Å². The van der Waals surface area contributed by atoms with Crippen molar-refractivity contribution in [3.05, 3.63) is 59.4 Å². The molecule has 2 N–H and O–H groups in total. The first kappa shape index (κ1) is 28.1. The van der Waals surface area contributed by atoms with E-state index in [-0.39, 0.29) is 28.7 Å². The Bertz CT molecular complexity index is 1130. The van der Waals surface area contributed by atoms with Gasteiger partial charge in [0, 0.05) is 44.7 Å². The highest BCUT2D eigenvalue weighted by atomic mass is 32.2. The third-order valence-corrected chi connectivity index (χ3v) is 8.11. The summed E-state index contributed by atoms with van der Waals surface area (Å²) in [6.07, 6.45) is 3.95. The van der Waals surface area contributed by atoms with Gasteiger partial charge in [-0.05, 0) is 61.6 Å². The fourth-order valence-corrected chi connectivity index (χ4v) is 6.16. The second-order valence-electron chi connectivity index (χ2n) is 9.52. The normalized spacial score (nSPS) is 17.5. The van der Waals surface area contributed by atoms with E-state index >= 15 is 0 Å². The van der Waals surface area contributed by atoms with Gasteiger partial charge in [-0.3, -0.25) is 4.79 Å². The fraction of sp³-hybridized carbons (Fsp3) is 0.519. The maximum Gasteiger partial charge on any atom is 0.243 e. The molecule has 9 heteroatoms. The third-order valence-electron chi connectivity index (χ3n) is 6.25. The van der Waals surface area contributed by atoms with Crippen molar-refractivity contribution < 1.29 is 22.3 Å². The predicted octanol–water partition coefficient (Wildman–Crippen LogP) is 3.80. The lowest BCUT2D eigenvalue weighted by Crippen LogP contribution is -2.54. The largest absolute Gasteiger partial charge is 0.493 e. The van der Waals surface area contributed by atoms with Gasteiger partial charge in [0.2, 0.25) is 15.9 Å². The lowest BCUT2D eigenvalue weighted by Gasteiger charge is -2.35. The number of sulfonamides is 1. The molecule has 1 fully saturated rings. The van der Waals surface area contributed by atoms with E-state index in [4.69, 9.17) is 4.74 Å². The molecule has 0 unspecified atom stereocenters. The summed E-state index contributed by atoms with van der Waals surface area (Å²) in [7, 11) is -3.62. The van der Waals surface area contributed by atoms with Crippen LogP contribution in [0.4, 0.5) is 4.39 Å². The van der Waals surface area contributed by atoms with Gasteiger partial charge in [-0.2, -0.15) is 4.31 Å². The van der Waals surface area contributed by atoms with Crippen LogP contribution in [-0.4, -0.2) is 57.0 Å². The van der Waals surface area contributed by atoms with Crippen LogP contribution in [0.25, 0.3) is 0 Å². The maximum atomic E-state index is 14.3. The molecular weight excluding hydrogens is 481 g/mol. The number of benzene rings is 2. The minimum absolute atomic E-state index is 0.159. The molecule has 7 nitrogen and oxygen atoms in total. The second kappa shape index (κ2) is 13.2. The van der Waals surface area contributed by atoms with Gasteiger partial charge >= 0.3 is 0 Å². The average Bonchev–Trinajstić information content (AvgIpc) is 2.81. The highest BCUT2D eigenvalue weighted by Crippen LogP contribution is 2.22. The van der Waals surface area contributed by atoms with E-state index in [1.54, 1.807) is 18.2 Å². The number of hydrogen-bond donors (Lipinski definition) is 2. The zero-order chi connectivity index (χ0) is 26.1. The summed E-state index contributed by atoms with van der Waals surface area (Å²) >= 11 is 0. The minimum atomic E-state index is -3.62.